The summed E-state index contributed by atoms with van der Waals surface area (Å²) in [5.41, 5.74) is 0. The fourth-order valence-corrected chi connectivity index (χ4v) is 6.91. The molecule has 3 unspecified atom stereocenters. The van der Waals surface area contributed by atoms with Crippen LogP contribution in [-0.4, -0.2) is 57.3 Å². The summed E-state index contributed by atoms with van der Waals surface area (Å²) in [6, 6.07) is 0. The second kappa shape index (κ2) is 7.15. The molecule has 0 aromatic carbocycles. The predicted octanol–water partition coefficient (Wildman–Crippen LogP) is 1.14. The van der Waals surface area contributed by atoms with Crippen LogP contribution in [0.3, 0.4) is 0 Å². The zero-order valence-electron chi connectivity index (χ0n) is 13.8. The molecule has 1 aliphatic carbocycles. The second-order valence-electron chi connectivity index (χ2n) is 6.39. The summed E-state index contributed by atoms with van der Waals surface area (Å²) in [5, 5.41) is 9.64. The smallest absolute Gasteiger partial charge is 0.175 e. The van der Waals surface area contributed by atoms with Crippen molar-refractivity contribution in [3.63, 3.8) is 0 Å². The summed E-state index contributed by atoms with van der Waals surface area (Å²) in [6.07, 6.45) is 4.14. The van der Waals surface area contributed by atoms with Gasteiger partial charge in [-0.05, 0) is 26.2 Å². The van der Waals surface area contributed by atoms with E-state index in [-0.39, 0.29) is 6.61 Å². The second-order valence-corrected chi connectivity index (χ2v) is 11.4. The molecule has 1 rings (SSSR count). The van der Waals surface area contributed by atoms with Gasteiger partial charge in [-0.25, -0.2) is 16.8 Å². The van der Waals surface area contributed by atoms with Crippen LogP contribution < -0.4 is 0 Å². The van der Waals surface area contributed by atoms with Gasteiger partial charge in [0.05, 0.1) is 18.8 Å². The summed E-state index contributed by atoms with van der Waals surface area (Å²) in [7, 11) is -7.66. The summed E-state index contributed by atoms with van der Waals surface area (Å²) in [6.45, 7) is 3.21. The fraction of sp³-hybridized carbons (Fsp3) is 1.00. The number of sulfone groups is 2. The minimum atomic E-state index is -3.83. The Morgan fingerprint density at radius 3 is 2.09 bits per heavy atom. The van der Waals surface area contributed by atoms with E-state index in [0.717, 1.165) is 25.4 Å². The molecule has 0 aromatic rings. The Balaban J connectivity index is 3.15. The standard InChI is InChI=1S/C14H28O6S2/c1-5-11(15)10-20-13-9-7-6-8-12(13)14(2,21(3,16)17)22(4,18)19/h11-13,15H,5-10H2,1-4H3. The normalized spacial score (nSPS) is 25.9. The van der Waals surface area contributed by atoms with Gasteiger partial charge < -0.3 is 9.84 Å². The van der Waals surface area contributed by atoms with E-state index in [1.54, 1.807) is 0 Å². The summed E-state index contributed by atoms with van der Waals surface area (Å²) >= 11 is 0. The van der Waals surface area contributed by atoms with Crippen LogP contribution in [-0.2, 0) is 24.4 Å². The van der Waals surface area contributed by atoms with E-state index < -0.39 is 41.9 Å². The van der Waals surface area contributed by atoms with E-state index in [4.69, 9.17) is 4.74 Å². The molecular weight excluding hydrogens is 328 g/mol. The van der Waals surface area contributed by atoms with Crippen molar-refractivity contribution < 1.29 is 26.7 Å². The number of hydrogen-bond donors (Lipinski definition) is 1. The van der Waals surface area contributed by atoms with E-state index >= 15 is 0 Å². The average molecular weight is 357 g/mol. The molecule has 1 fully saturated rings. The molecular formula is C14H28O6S2. The highest BCUT2D eigenvalue weighted by Crippen LogP contribution is 2.42. The van der Waals surface area contributed by atoms with Gasteiger partial charge in [-0.1, -0.05) is 19.8 Å². The highest BCUT2D eigenvalue weighted by atomic mass is 32.3. The van der Waals surface area contributed by atoms with E-state index in [9.17, 15) is 21.9 Å². The number of hydrogen-bond acceptors (Lipinski definition) is 6. The molecule has 6 nitrogen and oxygen atoms in total. The minimum Gasteiger partial charge on any atom is -0.391 e. The van der Waals surface area contributed by atoms with Crippen molar-refractivity contribution >= 4 is 19.7 Å². The van der Waals surface area contributed by atoms with E-state index in [1.165, 1.54) is 6.92 Å². The van der Waals surface area contributed by atoms with Crippen molar-refractivity contribution in [1.29, 1.82) is 0 Å². The summed E-state index contributed by atoms with van der Waals surface area (Å²) in [5.74, 6) is -0.615. The lowest BCUT2D eigenvalue weighted by molar-refractivity contribution is -0.0528. The third-order valence-electron chi connectivity index (χ3n) is 4.82. The van der Waals surface area contributed by atoms with Gasteiger partial charge in [-0.15, -0.1) is 0 Å². The largest absolute Gasteiger partial charge is 0.391 e. The molecule has 8 heteroatoms. The van der Waals surface area contributed by atoms with Crippen LogP contribution in [0, 0.1) is 5.92 Å². The topological polar surface area (TPSA) is 97.7 Å². The lowest BCUT2D eigenvalue weighted by atomic mass is 9.84. The van der Waals surface area contributed by atoms with E-state index in [2.05, 4.69) is 0 Å². The Kier molecular flexibility index (Phi) is 6.46. The predicted molar refractivity (Wildman–Crippen MR) is 86.1 cm³/mol. The summed E-state index contributed by atoms with van der Waals surface area (Å²) in [4.78, 5) is 0. The SMILES string of the molecule is CCC(O)COC1CCCCC1C(C)(S(C)(=O)=O)S(C)(=O)=O. The molecule has 0 spiro atoms. The summed E-state index contributed by atoms with van der Waals surface area (Å²) < 4.78 is 52.9. The maximum absolute atomic E-state index is 12.3. The Morgan fingerprint density at radius 1 is 1.14 bits per heavy atom. The molecule has 0 aliphatic heterocycles. The molecule has 0 saturated heterocycles. The zero-order valence-corrected chi connectivity index (χ0v) is 15.4. The monoisotopic (exact) mass is 356 g/mol. The van der Waals surface area contributed by atoms with Gasteiger partial charge in [0, 0.05) is 18.4 Å². The van der Waals surface area contributed by atoms with Gasteiger partial charge in [-0.2, -0.15) is 0 Å². The third-order valence-corrected chi connectivity index (χ3v) is 10.2. The van der Waals surface area contributed by atoms with Crippen molar-refractivity contribution in [3.8, 4) is 0 Å². The molecule has 3 atom stereocenters. The molecule has 1 N–H and O–H groups in total. The lowest BCUT2D eigenvalue weighted by Gasteiger charge is -2.41. The van der Waals surface area contributed by atoms with Crippen LogP contribution in [0.2, 0.25) is 0 Å². The lowest BCUT2D eigenvalue weighted by Crippen LogP contribution is -2.54. The number of aliphatic hydroxyl groups is 1. The first kappa shape index (κ1) is 19.9. The van der Waals surface area contributed by atoms with E-state index in [1.807, 2.05) is 6.92 Å². The van der Waals surface area contributed by atoms with Crippen LogP contribution in [0.1, 0.15) is 46.0 Å². The van der Waals surface area contributed by atoms with Gasteiger partial charge >= 0.3 is 0 Å². The first-order chi connectivity index (χ1) is 9.95. The quantitative estimate of drug-likeness (QED) is 0.734. The fourth-order valence-electron chi connectivity index (χ4n) is 3.07. The van der Waals surface area contributed by atoms with Crippen molar-refractivity contribution in [2.75, 3.05) is 19.1 Å². The first-order valence-corrected chi connectivity index (χ1v) is 11.4. The molecule has 1 saturated carbocycles. The van der Waals surface area contributed by atoms with Gasteiger partial charge in [0.15, 0.2) is 23.8 Å². The molecule has 0 aromatic heterocycles. The van der Waals surface area contributed by atoms with Gasteiger partial charge in [0.2, 0.25) is 0 Å². The van der Waals surface area contributed by atoms with Crippen LogP contribution >= 0.6 is 0 Å². The maximum atomic E-state index is 12.3. The zero-order chi connectivity index (χ0) is 17.2. The Morgan fingerprint density at radius 2 is 1.64 bits per heavy atom. The number of ether oxygens (including phenoxy) is 1. The Hall–Kier alpha value is -0.180. The Bertz CT molecular complexity index is 534. The first-order valence-electron chi connectivity index (χ1n) is 7.64. The highest BCUT2D eigenvalue weighted by Gasteiger charge is 2.55. The molecule has 0 heterocycles. The van der Waals surface area contributed by atoms with Gasteiger partial charge in [-0.3, -0.25) is 0 Å². The van der Waals surface area contributed by atoms with Crippen molar-refractivity contribution in [3.05, 3.63) is 0 Å². The molecule has 1 aliphatic rings. The maximum Gasteiger partial charge on any atom is 0.175 e. The van der Waals surface area contributed by atoms with Crippen molar-refractivity contribution in [2.24, 2.45) is 5.92 Å². The van der Waals surface area contributed by atoms with Crippen molar-refractivity contribution in [2.45, 2.75) is 62.2 Å². The van der Waals surface area contributed by atoms with E-state index in [0.29, 0.717) is 19.3 Å². The average Bonchev–Trinajstić information content (AvgIpc) is 2.41. The number of aliphatic hydroxyl groups excluding tert-OH is 1. The third kappa shape index (κ3) is 4.01. The molecule has 0 bridgehead atoms. The molecule has 0 amide bonds. The van der Waals surface area contributed by atoms with Crippen LogP contribution in [0.4, 0.5) is 0 Å². The molecule has 0 radical (unpaired) electrons. The minimum absolute atomic E-state index is 0.0985. The molecule has 132 valence electrons. The van der Waals surface area contributed by atoms with Gasteiger partial charge in [0.25, 0.3) is 0 Å². The van der Waals surface area contributed by atoms with Crippen LogP contribution in [0.5, 0.6) is 0 Å². The van der Waals surface area contributed by atoms with Crippen LogP contribution in [0.25, 0.3) is 0 Å². The molecule has 22 heavy (non-hydrogen) atoms. The Labute approximate surface area is 134 Å². The van der Waals surface area contributed by atoms with Crippen molar-refractivity contribution in [1.82, 2.24) is 0 Å². The van der Waals surface area contributed by atoms with Gasteiger partial charge in [0.1, 0.15) is 0 Å². The number of rotatable bonds is 7. The highest BCUT2D eigenvalue weighted by molar-refractivity contribution is 8.09. The van der Waals surface area contributed by atoms with Crippen LogP contribution in [0.15, 0.2) is 0 Å².